The maximum absolute atomic E-state index is 12.3. The summed E-state index contributed by atoms with van der Waals surface area (Å²) in [6, 6.07) is 6.93. The van der Waals surface area contributed by atoms with E-state index in [1.807, 2.05) is 24.6 Å². The van der Waals surface area contributed by atoms with Gasteiger partial charge in [0.05, 0.1) is 29.5 Å². The Morgan fingerprint density at radius 2 is 1.70 bits per heavy atom. The van der Waals surface area contributed by atoms with Crippen LogP contribution in [0.4, 0.5) is 0 Å². The molecule has 0 fully saturated rings. The molecule has 0 aliphatic carbocycles. The lowest BCUT2D eigenvalue weighted by molar-refractivity contribution is 0.0596. The molecule has 1 aliphatic heterocycles. The molecule has 102 valence electrons. The van der Waals surface area contributed by atoms with Gasteiger partial charge in [-0.1, -0.05) is 12.1 Å². The highest BCUT2D eigenvalue weighted by atomic mass is 16.2. The zero-order chi connectivity index (χ0) is 14.3. The predicted octanol–water partition coefficient (Wildman–Crippen LogP) is 1.91. The lowest BCUT2D eigenvalue weighted by Crippen LogP contribution is -2.43. The van der Waals surface area contributed by atoms with E-state index in [-0.39, 0.29) is 11.8 Å². The van der Waals surface area contributed by atoms with Gasteiger partial charge in [0.25, 0.3) is 11.8 Å². The first kappa shape index (κ1) is 12.6. The summed E-state index contributed by atoms with van der Waals surface area (Å²) < 4.78 is 1.90. The molecular formula is C15H15N3O2. The first-order chi connectivity index (χ1) is 9.50. The first-order valence-corrected chi connectivity index (χ1v) is 6.44. The van der Waals surface area contributed by atoms with Crippen LogP contribution in [0.2, 0.25) is 0 Å². The van der Waals surface area contributed by atoms with E-state index in [2.05, 4.69) is 4.98 Å². The molecule has 2 amide bonds. The average Bonchev–Trinajstić information content (AvgIpc) is 3.04. The molecule has 3 rings (SSSR count). The number of aromatic nitrogens is 2. The van der Waals surface area contributed by atoms with Gasteiger partial charge in [0.1, 0.15) is 0 Å². The highest BCUT2D eigenvalue weighted by molar-refractivity contribution is 6.21. The monoisotopic (exact) mass is 269 g/mol. The fourth-order valence-electron chi connectivity index (χ4n) is 2.47. The summed E-state index contributed by atoms with van der Waals surface area (Å²) in [7, 11) is 0. The van der Waals surface area contributed by atoms with Crippen LogP contribution in [0, 0.1) is 0 Å². The zero-order valence-electron chi connectivity index (χ0n) is 11.4. The Kier molecular flexibility index (Phi) is 2.71. The quantitative estimate of drug-likeness (QED) is 0.800. The third-order valence-corrected chi connectivity index (χ3v) is 3.63. The summed E-state index contributed by atoms with van der Waals surface area (Å²) in [5, 5.41) is 0. The number of benzene rings is 1. The van der Waals surface area contributed by atoms with Crippen molar-refractivity contribution >= 4 is 11.8 Å². The smallest absolute Gasteiger partial charge is 0.261 e. The van der Waals surface area contributed by atoms with Gasteiger partial charge >= 0.3 is 0 Å². The Morgan fingerprint density at radius 3 is 2.20 bits per heavy atom. The summed E-state index contributed by atoms with van der Waals surface area (Å²) in [6.45, 7) is 4.26. The molecule has 0 spiro atoms. The third kappa shape index (κ3) is 1.82. The normalized spacial score (nSPS) is 14.8. The van der Waals surface area contributed by atoms with E-state index in [1.54, 1.807) is 36.8 Å². The fraction of sp³-hybridized carbons (Fsp3) is 0.267. The van der Waals surface area contributed by atoms with Gasteiger partial charge in [0.2, 0.25) is 0 Å². The van der Waals surface area contributed by atoms with Gasteiger partial charge in [-0.25, -0.2) is 4.98 Å². The SMILES string of the molecule is CC(C)(CN1C(=O)c2ccccc2C1=O)n1ccnc1. The standard InChI is InChI=1S/C15H15N3O2/c1-15(2,17-8-7-16-10-17)9-18-13(19)11-5-3-4-6-12(11)14(18)20/h3-8,10H,9H2,1-2H3. The van der Waals surface area contributed by atoms with Gasteiger partial charge in [0.15, 0.2) is 0 Å². The van der Waals surface area contributed by atoms with Crippen LogP contribution in [-0.2, 0) is 5.54 Å². The Balaban J connectivity index is 1.91. The highest BCUT2D eigenvalue weighted by Gasteiger charge is 2.38. The second-order valence-corrected chi connectivity index (χ2v) is 5.52. The Bertz CT molecular complexity index is 639. The molecule has 5 heteroatoms. The third-order valence-electron chi connectivity index (χ3n) is 3.63. The van der Waals surface area contributed by atoms with Crippen molar-refractivity contribution in [2.75, 3.05) is 6.54 Å². The number of carbonyl (C=O) groups excluding carboxylic acids is 2. The molecule has 20 heavy (non-hydrogen) atoms. The number of imidazole rings is 1. The van der Waals surface area contributed by atoms with Crippen molar-refractivity contribution in [2.24, 2.45) is 0 Å². The Morgan fingerprint density at radius 1 is 1.10 bits per heavy atom. The Hall–Kier alpha value is -2.43. The van der Waals surface area contributed by atoms with E-state index in [1.165, 1.54) is 4.90 Å². The van der Waals surface area contributed by atoms with E-state index in [0.29, 0.717) is 17.7 Å². The van der Waals surface area contributed by atoms with Crippen LogP contribution < -0.4 is 0 Å². The summed E-state index contributed by atoms with van der Waals surface area (Å²) in [6.07, 6.45) is 5.21. The Labute approximate surface area is 116 Å². The molecule has 0 saturated carbocycles. The van der Waals surface area contributed by atoms with Crippen molar-refractivity contribution in [1.82, 2.24) is 14.5 Å². The van der Waals surface area contributed by atoms with Crippen LogP contribution in [0.25, 0.3) is 0 Å². The number of nitrogens with zero attached hydrogens (tertiary/aromatic N) is 3. The van der Waals surface area contributed by atoms with Gasteiger partial charge in [-0.2, -0.15) is 0 Å². The summed E-state index contributed by atoms with van der Waals surface area (Å²) in [4.78, 5) is 30.0. The molecule has 0 unspecified atom stereocenters. The molecule has 2 heterocycles. The molecule has 1 aromatic heterocycles. The van der Waals surface area contributed by atoms with E-state index in [0.717, 1.165) is 0 Å². The number of carbonyl (C=O) groups is 2. The fourth-order valence-corrected chi connectivity index (χ4v) is 2.47. The van der Waals surface area contributed by atoms with Gasteiger partial charge in [-0.15, -0.1) is 0 Å². The van der Waals surface area contributed by atoms with Crippen molar-refractivity contribution in [3.8, 4) is 0 Å². The minimum Gasteiger partial charge on any atom is -0.330 e. The molecule has 5 nitrogen and oxygen atoms in total. The number of fused-ring (bicyclic) bond motifs is 1. The minimum absolute atomic E-state index is 0.223. The second kappa shape index (κ2) is 4.30. The van der Waals surface area contributed by atoms with Crippen LogP contribution in [-0.4, -0.2) is 32.8 Å². The number of rotatable bonds is 3. The van der Waals surface area contributed by atoms with Gasteiger partial charge in [0, 0.05) is 12.4 Å². The molecule has 1 aromatic carbocycles. The van der Waals surface area contributed by atoms with Crippen molar-refractivity contribution in [3.63, 3.8) is 0 Å². The van der Waals surface area contributed by atoms with Gasteiger partial charge in [-0.3, -0.25) is 14.5 Å². The molecule has 0 bridgehead atoms. The average molecular weight is 269 g/mol. The van der Waals surface area contributed by atoms with Crippen molar-refractivity contribution in [1.29, 1.82) is 0 Å². The summed E-state index contributed by atoms with van der Waals surface area (Å²) in [5.41, 5.74) is 0.571. The van der Waals surface area contributed by atoms with Crippen LogP contribution in [0.3, 0.4) is 0 Å². The van der Waals surface area contributed by atoms with Crippen LogP contribution in [0.1, 0.15) is 34.6 Å². The van der Waals surface area contributed by atoms with Crippen molar-refractivity contribution in [3.05, 3.63) is 54.1 Å². The van der Waals surface area contributed by atoms with Crippen LogP contribution >= 0.6 is 0 Å². The molecule has 0 saturated heterocycles. The van der Waals surface area contributed by atoms with E-state index in [4.69, 9.17) is 0 Å². The second-order valence-electron chi connectivity index (χ2n) is 5.52. The number of hydrogen-bond donors (Lipinski definition) is 0. The summed E-state index contributed by atoms with van der Waals surface area (Å²) >= 11 is 0. The molecular weight excluding hydrogens is 254 g/mol. The van der Waals surface area contributed by atoms with E-state index in [9.17, 15) is 9.59 Å². The first-order valence-electron chi connectivity index (χ1n) is 6.44. The topological polar surface area (TPSA) is 55.2 Å². The lowest BCUT2D eigenvalue weighted by atomic mass is 10.0. The zero-order valence-corrected chi connectivity index (χ0v) is 11.4. The van der Waals surface area contributed by atoms with Gasteiger partial charge in [-0.05, 0) is 26.0 Å². The molecule has 0 N–H and O–H groups in total. The molecule has 1 aliphatic rings. The largest absolute Gasteiger partial charge is 0.330 e. The lowest BCUT2D eigenvalue weighted by Gasteiger charge is -2.30. The molecule has 0 radical (unpaired) electrons. The summed E-state index contributed by atoms with van der Waals surface area (Å²) in [5.74, 6) is -0.447. The number of amides is 2. The maximum Gasteiger partial charge on any atom is 0.261 e. The molecule has 2 aromatic rings. The molecule has 0 atom stereocenters. The van der Waals surface area contributed by atoms with E-state index >= 15 is 0 Å². The van der Waals surface area contributed by atoms with Crippen LogP contribution in [0.5, 0.6) is 0 Å². The predicted molar refractivity (Wildman–Crippen MR) is 73.4 cm³/mol. The van der Waals surface area contributed by atoms with Crippen molar-refractivity contribution in [2.45, 2.75) is 19.4 Å². The number of imide groups is 1. The maximum atomic E-state index is 12.3. The van der Waals surface area contributed by atoms with Crippen LogP contribution in [0.15, 0.2) is 43.0 Å². The van der Waals surface area contributed by atoms with Gasteiger partial charge < -0.3 is 4.57 Å². The van der Waals surface area contributed by atoms with Crippen molar-refractivity contribution < 1.29 is 9.59 Å². The van der Waals surface area contributed by atoms with E-state index < -0.39 is 5.54 Å². The highest BCUT2D eigenvalue weighted by Crippen LogP contribution is 2.26. The number of hydrogen-bond acceptors (Lipinski definition) is 3. The minimum atomic E-state index is -0.399.